The molecule has 0 saturated carbocycles. The lowest BCUT2D eigenvalue weighted by Crippen LogP contribution is -2.33. The Morgan fingerprint density at radius 3 is 2.47 bits per heavy atom. The van der Waals surface area contributed by atoms with E-state index < -0.39 is 16.6 Å². The largest absolute Gasteiger partial charge is 0.444 e. The fourth-order valence-corrected chi connectivity index (χ4v) is 4.34. The van der Waals surface area contributed by atoms with Crippen molar-refractivity contribution in [3.05, 3.63) is 80.7 Å². The van der Waals surface area contributed by atoms with Gasteiger partial charge in [-0.2, -0.15) is 0 Å². The van der Waals surface area contributed by atoms with Crippen LogP contribution >= 0.6 is 11.3 Å². The molecule has 2 N–H and O–H groups in total. The summed E-state index contributed by atoms with van der Waals surface area (Å²) < 4.78 is 5.30. The number of carbonyl (C=O) groups excluding carboxylic acids is 1. The molecule has 0 saturated heterocycles. The Hall–Kier alpha value is -3.26. The molecule has 8 heteroatoms. The van der Waals surface area contributed by atoms with E-state index in [1.807, 2.05) is 49.6 Å². The summed E-state index contributed by atoms with van der Waals surface area (Å²) in [5, 5.41) is 13.8. The van der Waals surface area contributed by atoms with E-state index in [1.54, 1.807) is 23.5 Å². The van der Waals surface area contributed by atoms with Crippen LogP contribution in [0.1, 0.15) is 36.8 Å². The van der Waals surface area contributed by atoms with Crippen LogP contribution in [0.25, 0.3) is 11.3 Å². The van der Waals surface area contributed by atoms with Gasteiger partial charge in [0.05, 0.1) is 15.6 Å². The molecule has 1 aromatic heterocycles. The summed E-state index contributed by atoms with van der Waals surface area (Å²) >= 11 is 1.55. The number of hydrogen-bond acceptors (Lipinski definition) is 6. The summed E-state index contributed by atoms with van der Waals surface area (Å²) in [7, 11) is 0. The molecule has 0 aliphatic carbocycles. The average Bonchev–Trinajstić information content (AvgIpc) is 3.17. The molecule has 2 aromatic carbocycles. The number of hydrogen-bond donors (Lipinski definition) is 1. The van der Waals surface area contributed by atoms with Crippen molar-refractivity contribution in [1.82, 2.24) is 4.98 Å². The molecule has 0 aliphatic heterocycles. The molecule has 0 radical (unpaired) electrons. The molecule has 0 bridgehead atoms. The summed E-state index contributed by atoms with van der Waals surface area (Å²) in [6, 6.07) is 16.4. The molecule has 1 atom stereocenters. The molecule has 1 heterocycles. The highest BCUT2D eigenvalue weighted by molar-refractivity contribution is 7.10. The standard InChI is InChI=1S/C22H23N3O4S/c1-22(2,29-21(23)26)13-17(12-15-8-10-18(11-9-15)25(27)28)20-24-19(14-30-20)16-6-4-3-5-7-16/h3-11,14,17H,12-13H2,1-2H3,(H2,23,26)/t17-/m0/s1. The smallest absolute Gasteiger partial charge is 0.405 e. The molecule has 3 aromatic rings. The molecular formula is C22H23N3O4S. The highest BCUT2D eigenvalue weighted by Crippen LogP contribution is 2.35. The first-order chi connectivity index (χ1) is 14.2. The van der Waals surface area contributed by atoms with Crippen LogP contribution in [0.3, 0.4) is 0 Å². The number of primary amides is 1. The number of carbonyl (C=O) groups is 1. The summed E-state index contributed by atoms with van der Waals surface area (Å²) in [6.07, 6.45) is 0.290. The molecule has 1 amide bonds. The van der Waals surface area contributed by atoms with E-state index >= 15 is 0 Å². The Morgan fingerprint density at radius 2 is 1.87 bits per heavy atom. The number of nitrogens with two attached hydrogens (primary N) is 1. The lowest BCUT2D eigenvalue weighted by molar-refractivity contribution is -0.384. The SMILES string of the molecule is CC(C)(C[C@H](Cc1ccc([N+](=O)[O-])cc1)c1nc(-c2ccccc2)cs1)OC(N)=O. The lowest BCUT2D eigenvalue weighted by Gasteiger charge is -2.28. The number of benzene rings is 2. The van der Waals surface area contributed by atoms with Crippen molar-refractivity contribution in [3.8, 4) is 11.3 Å². The molecule has 0 unspecified atom stereocenters. The lowest BCUT2D eigenvalue weighted by atomic mass is 9.88. The predicted molar refractivity (Wildman–Crippen MR) is 116 cm³/mol. The Morgan fingerprint density at radius 1 is 1.20 bits per heavy atom. The molecule has 7 nitrogen and oxygen atoms in total. The van der Waals surface area contributed by atoms with Gasteiger partial charge < -0.3 is 10.5 Å². The third kappa shape index (κ3) is 5.64. The molecule has 0 fully saturated rings. The second kappa shape index (κ2) is 9.04. The van der Waals surface area contributed by atoms with Crippen molar-refractivity contribution in [3.63, 3.8) is 0 Å². The Balaban J connectivity index is 1.88. The number of nitro benzene ring substituents is 1. The van der Waals surface area contributed by atoms with Gasteiger partial charge in [0.1, 0.15) is 5.60 Å². The summed E-state index contributed by atoms with van der Waals surface area (Å²) in [5.74, 6) is -0.0525. The zero-order chi connectivity index (χ0) is 21.7. The summed E-state index contributed by atoms with van der Waals surface area (Å²) in [6.45, 7) is 3.62. The minimum atomic E-state index is -0.821. The fourth-order valence-electron chi connectivity index (χ4n) is 3.41. The molecule has 156 valence electrons. The van der Waals surface area contributed by atoms with E-state index in [1.165, 1.54) is 12.1 Å². The number of ether oxygens (including phenoxy) is 1. The van der Waals surface area contributed by atoms with Crippen molar-refractivity contribution < 1.29 is 14.5 Å². The summed E-state index contributed by atoms with van der Waals surface area (Å²) in [4.78, 5) is 26.6. The monoisotopic (exact) mass is 425 g/mol. The third-order valence-electron chi connectivity index (χ3n) is 4.68. The Labute approximate surface area is 178 Å². The van der Waals surface area contributed by atoms with Crippen LogP contribution in [-0.4, -0.2) is 21.6 Å². The van der Waals surface area contributed by atoms with Crippen LogP contribution in [0.2, 0.25) is 0 Å². The van der Waals surface area contributed by atoms with Crippen LogP contribution in [-0.2, 0) is 11.2 Å². The molecule has 0 spiro atoms. The molecular weight excluding hydrogens is 402 g/mol. The number of rotatable bonds is 8. The highest BCUT2D eigenvalue weighted by Gasteiger charge is 2.29. The molecule has 0 aliphatic rings. The maximum absolute atomic E-state index is 11.3. The van der Waals surface area contributed by atoms with E-state index in [0.29, 0.717) is 12.8 Å². The molecule has 30 heavy (non-hydrogen) atoms. The fraction of sp³-hybridized carbons (Fsp3) is 0.273. The maximum atomic E-state index is 11.3. The zero-order valence-corrected chi connectivity index (χ0v) is 17.6. The van der Waals surface area contributed by atoms with Gasteiger partial charge in [0.15, 0.2) is 0 Å². The van der Waals surface area contributed by atoms with Crippen molar-refractivity contribution >= 4 is 23.1 Å². The van der Waals surface area contributed by atoms with Gasteiger partial charge in [-0.15, -0.1) is 11.3 Å². The van der Waals surface area contributed by atoms with Crippen LogP contribution < -0.4 is 5.73 Å². The van der Waals surface area contributed by atoms with Crippen LogP contribution in [0.5, 0.6) is 0 Å². The van der Waals surface area contributed by atoms with E-state index in [2.05, 4.69) is 0 Å². The second-order valence-corrected chi connectivity index (χ2v) is 8.54. The number of amides is 1. The topological polar surface area (TPSA) is 108 Å². The molecule has 3 rings (SSSR count). The number of nitro groups is 1. The van der Waals surface area contributed by atoms with Crippen molar-refractivity contribution in [2.45, 2.75) is 38.2 Å². The van der Waals surface area contributed by atoms with Crippen LogP contribution in [0.4, 0.5) is 10.5 Å². The minimum absolute atomic E-state index is 0.0494. The van der Waals surface area contributed by atoms with Gasteiger partial charge >= 0.3 is 6.09 Å². The second-order valence-electron chi connectivity index (χ2n) is 7.65. The Kier molecular flexibility index (Phi) is 6.47. The first-order valence-corrected chi connectivity index (χ1v) is 10.3. The van der Waals surface area contributed by atoms with Gasteiger partial charge in [0.2, 0.25) is 0 Å². The van der Waals surface area contributed by atoms with Gasteiger partial charge in [-0.25, -0.2) is 9.78 Å². The number of aromatic nitrogens is 1. The maximum Gasteiger partial charge on any atom is 0.405 e. The number of nitrogens with zero attached hydrogens (tertiary/aromatic N) is 2. The predicted octanol–water partition coefficient (Wildman–Crippen LogP) is 5.31. The normalized spacial score (nSPS) is 12.3. The van der Waals surface area contributed by atoms with E-state index in [4.69, 9.17) is 15.5 Å². The first kappa shape index (κ1) is 21.4. The minimum Gasteiger partial charge on any atom is -0.444 e. The van der Waals surface area contributed by atoms with E-state index in [9.17, 15) is 14.9 Å². The number of non-ortho nitro benzene ring substituents is 1. The summed E-state index contributed by atoms with van der Waals surface area (Å²) in [5.41, 5.74) is 7.36. The van der Waals surface area contributed by atoms with Gasteiger partial charge in [0.25, 0.3) is 5.69 Å². The third-order valence-corrected chi connectivity index (χ3v) is 5.69. The number of thiazole rings is 1. The quantitative estimate of drug-likeness (QED) is 0.389. The zero-order valence-electron chi connectivity index (χ0n) is 16.8. The van der Waals surface area contributed by atoms with Crippen molar-refractivity contribution in [1.29, 1.82) is 0 Å². The van der Waals surface area contributed by atoms with Crippen LogP contribution in [0.15, 0.2) is 60.0 Å². The van der Waals surface area contributed by atoms with E-state index in [0.717, 1.165) is 21.8 Å². The van der Waals surface area contributed by atoms with Gasteiger partial charge in [-0.3, -0.25) is 10.1 Å². The van der Waals surface area contributed by atoms with E-state index in [-0.39, 0.29) is 11.6 Å². The van der Waals surface area contributed by atoms with Gasteiger partial charge in [-0.1, -0.05) is 42.5 Å². The Bertz CT molecular complexity index is 1020. The van der Waals surface area contributed by atoms with Crippen molar-refractivity contribution in [2.24, 2.45) is 5.73 Å². The first-order valence-electron chi connectivity index (χ1n) is 9.46. The van der Waals surface area contributed by atoms with Gasteiger partial charge in [-0.05, 0) is 32.3 Å². The highest BCUT2D eigenvalue weighted by atomic mass is 32.1. The van der Waals surface area contributed by atoms with Crippen LogP contribution in [0, 0.1) is 10.1 Å². The van der Waals surface area contributed by atoms with Gasteiger partial charge in [0, 0.05) is 29.0 Å². The average molecular weight is 426 g/mol. The van der Waals surface area contributed by atoms with Crippen molar-refractivity contribution in [2.75, 3.05) is 0 Å².